The average molecular weight is 230 g/mol. The van der Waals surface area contributed by atoms with E-state index in [0.29, 0.717) is 32.7 Å². The topological polar surface area (TPSA) is 67.4 Å². The summed E-state index contributed by atoms with van der Waals surface area (Å²) >= 11 is 0. The van der Waals surface area contributed by atoms with Crippen LogP contribution in [0.4, 0.5) is 0 Å². The van der Waals surface area contributed by atoms with E-state index in [1.54, 1.807) is 13.8 Å². The fourth-order valence-electron chi connectivity index (χ4n) is 1.17. The molecule has 0 saturated carbocycles. The van der Waals surface area contributed by atoms with Gasteiger partial charge >= 0.3 is 5.97 Å². The molecule has 94 valence electrons. The van der Waals surface area contributed by atoms with Gasteiger partial charge in [0.25, 0.3) is 0 Å². The standard InChI is InChI=1S/C11H22N2O3/c1-4-13-10(14)6-7-12-8-9(3)11(15)16-5-2/h9,12H,4-8H2,1-3H3,(H,13,14). The Balaban J connectivity index is 3.51. The van der Waals surface area contributed by atoms with Crippen LogP contribution in [0.15, 0.2) is 0 Å². The van der Waals surface area contributed by atoms with E-state index in [0.717, 1.165) is 0 Å². The van der Waals surface area contributed by atoms with Gasteiger partial charge in [-0.05, 0) is 13.8 Å². The quantitative estimate of drug-likeness (QED) is 0.465. The molecule has 1 amide bonds. The first-order valence-corrected chi connectivity index (χ1v) is 5.75. The molecule has 5 heteroatoms. The van der Waals surface area contributed by atoms with E-state index < -0.39 is 0 Å². The number of carbonyl (C=O) groups is 2. The van der Waals surface area contributed by atoms with Crippen LogP contribution in [0.3, 0.4) is 0 Å². The van der Waals surface area contributed by atoms with Crippen molar-refractivity contribution in [1.29, 1.82) is 0 Å². The zero-order valence-corrected chi connectivity index (χ0v) is 10.3. The van der Waals surface area contributed by atoms with E-state index in [4.69, 9.17) is 4.74 Å². The van der Waals surface area contributed by atoms with E-state index in [1.807, 2.05) is 6.92 Å². The second-order valence-corrected chi connectivity index (χ2v) is 3.56. The minimum absolute atomic E-state index is 0.0267. The second kappa shape index (κ2) is 9.15. The van der Waals surface area contributed by atoms with Gasteiger partial charge in [-0.3, -0.25) is 9.59 Å². The summed E-state index contributed by atoms with van der Waals surface area (Å²) < 4.78 is 4.86. The van der Waals surface area contributed by atoms with Gasteiger partial charge in [-0.15, -0.1) is 0 Å². The first kappa shape index (κ1) is 14.9. The number of amides is 1. The normalized spacial score (nSPS) is 11.9. The van der Waals surface area contributed by atoms with Crippen LogP contribution in [0.1, 0.15) is 27.2 Å². The molecule has 0 aliphatic rings. The molecule has 1 unspecified atom stereocenters. The van der Waals surface area contributed by atoms with Crippen molar-refractivity contribution in [3.8, 4) is 0 Å². The van der Waals surface area contributed by atoms with Gasteiger partial charge in [-0.2, -0.15) is 0 Å². The molecule has 16 heavy (non-hydrogen) atoms. The van der Waals surface area contributed by atoms with Crippen molar-refractivity contribution in [2.75, 3.05) is 26.2 Å². The van der Waals surface area contributed by atoms with Crippen molar-refractivity contribution in [3.63, 3.8) is 0 Å². The number of hydrogen-bond donors (Lipinski definition) is 2. The molecule has 0 fully saturated rings. The van der Waals surface area contributed by atoms with Crippen molar-refractivity contribution in [1.82, 2.24) is 10.6 Å². The lowest BCUT2D eigenvalue weighted by molar-refractivity contribution is -0.147. The highest BCUT2D eigenvalue weighted by Gasteiger charge is 2.12. The third-order valence-corrected chi connectivity index (χ3v) is 2.04. The van der Waals surface area contributed by atoms with Crippen LogP contribution in [0.25, 0.3) is 0 Å². The Labute approximate surface area is 96.9 Å². The largest absolute Gasteiger partial charge is 0.466 e. The molecule has 2 N–H and O–H groups in total. The van der Waals surface area contributed by atoms with Crippen LogP contribution >= 0.6 is 0 Å². The van der Waals surface area contributed by atoms with E-state index in [1.165, 1.54) is 0 Å². The van der Waals surface area contributed by atoms with Gasteiger partial charge in [-0.25, -0.2) is 0 Å². The number of hydrogen-bond acceptors (Lipinski definition) is 4. The summed E-state index contributed by atoms with van der Waals surface area (Å²) in [4.78, 5) is 22.3. The maximum Gasteiger partial charge on any atom is 0.309 e. The van der Waals surface area contributed by atoms with Crippen LogP contribution in [0.5, 0.6) is 0 Å². The number of ether oxygens (including phenoxy) is 1. The highest BCUT2D eigenvalue weighted by Crippen LogP contribution is 1.96. The first-order valence-electron chi connectivity index (χ1n) is 5.75. The van der Waals surface area contributed by atoms with Crippen molar-refractivity contribution >= 4 is 11.9 Å². The van der Waals surface area contributed by atoms with Gasteiger partial charge in [0, 0.05) is 26.1 Å². The summed E-state index contributed by atoms with van der Waals surface area (Å²) in [6, 6.07) is 0. The van der Waals surface area contributed by atoms with Gasteiger partial charge in [-0.1, -0.05) is 6.92 Å². The maximum atomic E-state index is 11.2. The minimum Gasteiger partial charge on any atom is -0.466 e. The summed E-state index contributed by atoms with van der Waals surface area (Å²) in [6.07, 6.45) is 0.434. The molecule has 0 aromatic carbocycles. The predicted molar refractivity (Wildman–Crippen MR) is 62.0 cm³/mol. The summed E-state index contributed by atoms with van der Waals surface area (Å²) in [7, 11) is 0. The van der Waals surface area contributed by atoms with Crippen molar-refractivity contribution in [2.24, 2.45) is 5.92 Å². The van der Waals surface area contributed by atoms with Crippen LogP contribution in [-0.4, -0.2) is 38.1 Å². The van der Waals surface area contributed by atoms with Crippen molar-refractivity contribution in [2.45, 2.75) is 27.2 Å². The number of rotatable bonds is 8. The molecule has 0 radical (unpaired) electrons. The summed E-state index contributed by atoms with van der Waals surface area (Å²) in [5.41, 5.74) is 0. The Morgan fingerprint density at radius 3 is 2.56 bits per heavy atom. The first-order chi connectivity index (χ1) is 7.61. The van der Waals surface area contributed by atoms with E-state index in [-0.39, 0.29) is 17.8 Å². The van der Waals surface area contributed by atoms with Gasteiger partial charge in [0.05, 0.1) is 12.5 Å². The molecule has 0 aliphatic heterocycles. The number of esters is 1. The molecule has 1 atom stereocenters. The molecule has 0 bridgehead atoms. The average Bonchev–Trinajstić information content (AvgIpc) is 2.24. The molecule has 0 saturated heterocycles. The molecule has 0 aliphatic carbocycles. The fourth-order valence-corrected chi connectivity index (χ4v) is 1.17. The smallest absolute Gasteiger partial charge is 0.309 e. The highest BCUT2D eigenvalue weighted by atomic mass is 16.5. The molecular formula is C11H22N2O3. The van der Waals surface area contributed by atoms with E-state index in [9.17, 15) is 9.59 Å². The van der Waals surface area contributed by atoms with Crippen molar-refractivity contribution in [3.05, 3.63) is 0 Å². The van der Waals surface area contributed by atoms with Crippen LogP contribution < -0.4 is 10.6 Å². The van der Waals surface area contributed by atoms with Gasteiger partial charge in [0.2, 0.25) is 5.91 Å². The number of nitrogens with one attached hydrogen (secondary N) is 2. The highest BCUT2D eigenvalue weighted by molar-refractivity contribution is 5.76. The Morgan fingerprint density at radius 1 is 1.31 bits per heavy atom. The van der Waals surface area contributed by atoms with E-state index >= 15 is 0 Å². The second-order valence-electron chi connectivity index (χ2n) is 3.56. The van der Waals surface area contributed by atoms with Crippen molar-refractivity contribution < 1.29 is 14.3 Å². The molecule has 0 heterocycles. The summed E-state index contributed by atoms with van der Waals surface area (Å²) in [6.45, 7) is 7.65. The molecule has 0 rings (SSSR count). The molecule has 5 nitrogen and oxygen atoms in total. The maximum absolute atomic E-state index is 11.2. The lowest BCUT2D eigenvalue weighted by Crippen LogP contribution is -2.31. The van der Waals surface area contributed by atoms with Crippen LogP contribution in [-0.2, 0) is 14.3 Å². The Kier molecular flexibility index (Phi) is 8.52. The number of carbonyl (C=O) groups excluding carboxylic acids is 2. The monoisotopic (exact) mass is 230 g/mol. The lowest BCUT2D eigenvalue weighted by atomic mass is 10.2. The van der Waals surface area contributed by atoms with E-state index in [2.05, 4.69) is 10.6 Å². The third-order valence-electron chi connectivity index (χ3n) is 2.04. The van der Waals surface area contributed by atoms with Gasteiger partial charge in [0.15, 0.2) is 0 Å². The van der Waals surface area contributed by atoms with Crippen LogP contribution in [0.2, 0.25) is 0 Å². The zero-order chi connectivity index (χ0) is 12.4. The molecular weight excluding hydrogens is 208 g/mol. The molecule has 0 spiro atoms. The summed E-state index contributed by atoms with van der Waals surface area (Å²) in [5, 5.41) is 5.76. The predicted octanol–water partition coefficient (Wildman–Crippen LogP) is 0.301. The summed E-state index contributed by atoms with van der Waals surface area (Å²) in [5.74, 6) is -0.346. The molecule has 0 aromatic heterocycles. The third kappa shape index (κ3) is 7.23. The van der Waals surface area contributed by atoms with Gasteiger partial charge < -0.3 is 15.4 Å². The Morgan fingerprint density at radius 2 is 2.00 bits per heavy atom. The SMILES string of the molecule is CCNC(=O)CCNCC(C)C(=O)OCC. The Hall–Kier alpha value is -1.10. The van der Waals surface area contributed by atoms with Crippen LogP contribution in [0, 0.1) is 5.92 Å². The minimum atomic E-state index is -0.201. The Bertz CT molecular complexity index is 219. The zero-order valence-electron chi connectivity index (χ0n) is 10.3. The van der Waals surface area contributed by atoms with Gasteiger partial charge in [0.1, 0.15) is 0 Å². The fraction of sp³-hybridized carbons (Fsp3) is 0.818. The lowest BCUT2D eigenvalue weighted by Gasteiger charge is -2.11. The molecule has 0 aromatic rings.